The van der Waals surface area contributed by atoms with E-state index in [2.05, 4.69) is 23.5 Å². The number of hydrogen-bond donors (Lipinski definition) is 0. The predicted molar refractivity (Wildman–Crippen MR) is 47.9 cm³/mol. The highest BCUT2D eigenvalue weighted by molar-refractivity contribution is 8.01. The van der Waals surface area contributed by atoms with E-state index in [-0.39, 0.29) is 0 Å². The quantitative estimate of drug-likeness (QED) is 0.602. The molecule has 0 saturated carbocycles. The molecule has 3 heteroatoms. The number of rotatable bonds is 4. The Balaban J connectivity index is 1.46. The van der Waals surface area contributed by atoms with E-state index in [0.29, 0.717) is 6.10 Å². The Morgan fingerprint density at radius 3 is 2.70 bits per heavy atom. The van der Waals surface area contributed by atoms with Crippen molar-refractivity contribution in [2.24, 2.45) is 5.92 Å². The maximum absolute atomic E-state index is 5.12. The van der Waals surface area contributed by atoms with E-state index in [1.165, 1.54) is 23.0 Å². The lowest BCUT2D eigenvalue weighted by atomic mass is 10.2. The molecule has 0 aromatic rings. The molecule has 0 spiro atoms. The molecule has 2 heterocycles. The molecule has 0 amide bonds. The summed E-state index contributed by atoms with van der Waals surface area (Å²) in [6.07, 6.45) is 0.623. The normalized spacial score (nSPS) is 31.8. The Kier molecular flexibility index (Phi) is 2.47. The Morgan fingerprint density at radius 2 is 2.20 bits per heavy atom. The monoisotopic (exact) mass is 176 g/mol. The summed E-state index contributed by atoms with van der Waals surface area (Å²) in [5, 5.41) is 0. The minimum atomic E-state index is 0.623. The standard InChI is InChI=1S/C7H12OS2/c1-7(8-1)5-10-4-6-2-9-3-6/h6-7H,1-5H2. The Hall–Kier alpha value is 0.660. The molecule has 10 heavy (non-hydrogen) atoms. The maximum atomic E-state index is 5.12. The van der Waals surface area contributed by atoms with Crippen molar-refractivity contribution in [1.29, 1.82) is 0 Å². The molecule has 2 rings (SSSR count). The van der Waals surface area contributed by atoms with Crippen LogP contribution in [-0.4, -0.2) is 35.7 Å². The van der Waals surface area contributed by atoms with E-state index in [9.17, 15) is 0 Å². The van der Waals surface area contributed by atoms with Crippen molar-refractivity contribution in [2.45, 2.75) is 6.10 Å². The number of hydrogen-bond acceptors (Lipinski definition) is 3. The van der Waals surface area contributed by atoms with Gasteiger partial charge in [-0.3, -0.25) is 0 Å². The lowest BCUT2D eigenvalue weighted by Gasteiger charge is -2.23. The molecule has 1 nitrogen and oxygen atoms in total. The summed E-state index contributed by atoms with van der Waals surface area (Å²) in [6.45, 7) is 1.02. The van der Waals surface area contributed by atoms with Crippen molar-refractivity contribution < 1.29 is 4.74 Å². The second-order valence-corrected chi connectivity index (χ2v) is 5.05. The van der Waals surface area contributed by atoms with Crippen molar-refractivity contribution >= 4 is 23.5 Å². The van der Waals surface area contributed by atoms with Gasteiger partial charge < -0.3 is 4.74 Å². The first-order valence-electron chi connectivity index (χ1n) is 3.72. The van der Waals surface area contributed by atoms with E-state index >= 15 is 0 Å². The summed E-state index contributed by atoms with van der Waals surface area (Å²) in [6, 6.07) is 0. The number of thioether (sulfide) groups is 2. The first-order chi connectivity index (χ1) is 4.95. The molecule has 0 aliphatic carbocycles. The molecule has 0 bridgehead atoms. The zero-order valence-corrected chi connectivity index (χ0v) is 7.55. The Labute approximate surface area is 70.3 Å². The average molecular weight is 176 g/mol. The first kappa shape index (κ1) is 7.32. The zero-order valence-electron chi connectivity index (χ0n) is 5.91. The van der Waals surface area contributed by atoms with E-state index in [1.807, 2.05) is 0 Å². The lowest BCUT2D eigenvalue weighted by Crippen LogP contribution is -2.20. The van der Waals surface area contributed by atoms with E-state index in [0.717, 1.165) is 12.5 Å². The molecular formula is C7H12OS2. The highest BCUT2D eigenvalue weighted by Crippen LogP contribution is 2.28. The summed E-state index contributed by atoms with van der Waals surface area (Å²) >= 11 is 4.14. The third-order valence-corrected chi connectivity index (χ3v) is 4.50. The fraction of sp³-hybridized carbons (Fsp3) is 1.00. The predicted octanol–water partition coefficient (Wildman–Crippen LogP) is 1.48. The van der Waals surface area contributed by atoms with Gasteiger partial charge in [0.25, 0.3) is 0 Å². The molecule has 2 fully saturated rings. The van der Waals surface area contributed by atoms with Gasteiger partial charge in [0.15, 0.2) is 0 Å². The van der Waals surface area contributed by atoms with Crippen LogP contribution in [0.3, 0.4) is 0 Å². The van der Waals surface area contributed by atoms with Crippen LogP contribution in [0.25, 0.3) is 0 Å². The van der Waals surface area contributed by atoms with Gasteiger partial charge in [0.2, 0.25) is 0 Å². The van der Waals surface area contributed by atoms with Gasteiger partial charge in [-0.15, -0.1) is 0 Å². The van der Waals surface area contributed by atoms with Crippen LogP contribution >= 0.6 is 23.5 Å². The van der Waals surface area contributed by atoms with Crippen molar-refractivity contribution in [3.63, 3.8) is 0 Å². The molecule has 0 aromatic heterocycles. The van der Waals surface area contributed by atoms with Gasteiger partial charge in [0, 0.05) is 5.75 Å². The number of epoxide rings is 1. The summed E-state index contributed by atoms with van der Waals surface area (Å²) in [4.78, 5) is 0. The van der Waals surface area contributed by atoms with Crippen LogP contribution in [0.1, 0.15) is 0 Å². The van der Waals surface area contributed by atoms with Crippen LogP contribution in [0.15, 0.2) is 0 Å². The molecule has 0 aromatic carbocycles. The van der Waals surface area contributed by atoms with Crippen molar-refractivity contribution in [2.75, 3.05) is 29.6 Å². The minimum Gasteiger partial charge on any atom is -0.372 e. The van der Waals surface area contributed by atoms with Crippen LogP contribution in [0.4, 0.5) is 0 Å². The minimum absolute atomic E-state index is 0.623. The molecule has 58 valence electrons. The van der Waals surface area contributed by atoms with Gasteiger partial charge in [0.05, 0.1) is 12.7 Å². The molecule has 1 atom stereocenters. The van der Waals surface area contributed by atoms with Crippen LogP contribution in [0.2, 0.25) is 0 Å². The van der Waals surface area contributed by atoms with Gasteiger partial charge in [-0.2, -0.15) is 23.5 Å². The first-order valence-corrected chi connectivity index (χ1v) is 6.03. The second kappa shape index (κ2) is 3.37. The van der Waals surface area contributed by atoms with Crippen LogP contribution in [0.5, 0.6) is 0 Å². The summed E-state index contributed by atoms with van der Waals surface area (Å²) in [5.41, 5.74) is 0. The van der Waals surface area contributed by atoms with Gasteiger partial charge in [0.1, 0.15) is 0 Å². The second-order valence-electron chi connectivity index (χ2n) is 2.90. The van der Waals surface area contributed by atoms with Crippen LogP contribution in [0, 0.1) is 5.92 Å². The summed E-state index contributed by atoms with van der Waals surface area (Å²) in [7, 11) is 0. The Morgan fingerprint density at radius 1 is 1.40 bits per heavy atom. The SMILES string of the molecule is C1SCC1CSCC1CO1. The van der Waals surface area contributed by atoms with Crippen LogP contribution < -0.4 is 0 Å². The smallest absolute Gasteiger partial charge is 0.0900 e. The highest BCUT2D eigenvalue weighted by Gasteiger charge is 2.24. The molecule has 2 aliphatic rings. The van der Waals surface area contributed by atoms with Crippen molar-refractivity contribution in [3.8, 4) is 0 Å². The molecule has 1 unspecified atom stereocenters. The van der Waals surface area contributed by atoms with Gasteiger partial charge in [-0.1, -0.05) is 0 Å². The maximum Gasteiger partial charge on any atom is 0.0900 e. The van der Waals surface area contributed by atoms with Crippen LogP contribution in [-0.2, 0) is 4.74 Å². The molecule has 2 saturated heterocycles. The highest BCUT2D eigenvalue weighted by atomic mass is 32.2. The summed E-state index contributed by atoms with van der Waals surface area (Å²) in [5.74, 6) is 6.43. The van der Waals surface area contributed by atoms with Gasteiger partial charge in [-0.05, 0) is 23.2 Å². The van der Waals surface area contributed by atoms with Gasteiger partial charge >= 0.3 is 0 Å². The molecule has 0 N–H and O–H groups in total. The molecule has 2 aliphatic heterocycles. The Bertz CT molecular complexity index is 110. The number of ether oxygens (including phenoxy) is 1. The largest absolute Gasteiger partial charge is 0.372 e. The van der Waals surface area contributed by atoms with E-state index in [1.54, 1.807) is 0 Å². The van der Waals surface area contributed by atoms with Gasteiger partial charge in [-0.25, -0.2) is 0 Å². The summed E-state index contributed by atoms with van der Waals surface area (Å²) < 4.78 is 5.12. The lowest BCUT2D eigenvalue weighted by molar-refractivity contribution is 0.426. The van der Waals surface area contributed by atoms with E-state index < -0.39 is 0 Å². The zero-order chi connectivity index (χ0) is 6.81. The average Bonchev–Trinajstić information content (AvgIpc) is 2.58. The topological polar surface area (TPSA) is 12.5 Å². The fourth-order valence-corrected chi connectivity index (χ4v) is 3.17. The molecule has 0 radical (unpaired) electrons. The van der Waals surface area contributed by atoms with Crippen molar-refractivity contribution in [3.05, 3.63) is 0 Å². The van der Waals surface area contributed by atoms with Crippen molar-refractivity contribution in [1.82, 2.24) is 0 Å². The third-order valence-electron chi connectivity index (χ3n) is 1.77. The molecular weight excluding hydrogens is 164 g/mol. The fourth-order valence-electron chi connectivity index (χ4n) is 0.911. The third kappa shape index (κ3) is 2.07. The van der Waals surface area contributed by atoms with E-state index in [4.69, 9.17) is 4.74 Å².